The number of hydrogen-bond acceptors (Lipinski definition) is 2. The fraction of sp³-hybridized carbons (Fsp3) is 0.0769. The highest BCUT2D eigenvalue weighted by atomic mass is 35.5. The van der Waals surface area contributed by atoms with E-state index in [0.29, 0.717) is 6.29 Å². The van der Waals surface area contributed by atoms with Crippen LogP contribution in [0.3, 0.4) is 0 Å². The van der Waals surface area contributed by atoms with Crippen LogP contribution in [0.5, 0.6) is 0 Å². The summed E-state index contributed by atoms with van der Waals surface area (Å²) < 4.78 is 37.8. The average molecular weight is 286 g/mol. The molecule has 0 saturated heterocycles. The third-order valence-corrected chi connectivity index (χ3v) is 2.63. The van der Waals surface area contributed by atoms with E-state index in [4.69, 9.17) is 11.6 Å². The highest BCUT2D eigenvalue weighted by Crippen LogP contribution is 2.32. The van der Waals surface area contributed by atoms with Crippen LogP contribution >= 0.6 is 11.6 Å². The number of hydrogen-bond donors (Lipinski definition) is 0. The van der Waals surface area contributed by atoms with Gasteiger partial charge in [0.1, 0.15) is 11.4 Å². The van der Waals surface area contributed by atoms with Gasteiger partial charge in [-0.15, -0.1) is 0 Å². The molecule has 0 fully saturated rings. The number of rotatable bonds is 2. The molecular weight excluding hydrogens is 279 g/mol. The van der Waals surface area contributed by atoms with Gasteiger partial charge in [0.25, 0.3) is 0 Å². The van der Waals surface area contributed by atoms with Crippen LogP contribution in [-0.4, -0.2) is 11.3 Å². The predicted molar refractivity (Wildman–Crippen MR) is 65.1 cm³/mol. The molecule has 0 unspecified atom stereocenters. The van der Waals surface area contributed by atoms with E-state index in [0.717, 1.165) is 12.1 Å². The summed E-state index contributed by atoms with van der Waals surface area (Å²) in [6.07, 6.45) is -3.87. The minimum Gasteiger partial charge on any atom is -0.298 e. The van der Waals surface area contributed by atoms with Crippen molar-refractivity contribution in [2.24, 2.45) is 0 Å². The van der Waals surface area contributed by atoms with E-state index in [1.807, 2.05) is 0 Å². The molecule has 6 heteroatoms. The topological polar surface area (TPSA) is 30.0 Å². The molecule has 0 amide bonds. The normalized spacial score (nSPS) is 11.4. The van der Waals surface area contributed by atoms with Crippen LogP contribution in [-0.2, 0) is 6.18 Å². The van der Waals surface area contributed by atoms with E-state index in [9.17, 15) is 18.0 Å². The van der Waals surface area contributed by atoms with Gasteiger partial charge >= 0.3 is 6.18 Å². The van der Waals surface area contributed by atoms with Crippen molar-refractivity contribution in [1.29, 1.82) is 0 Å². The quantitative estimate of drug-likeness (QED) is 0.610. The van der Waals surface area contributed by atoms with Crippen LogP contribution in [0.15, 0.2) is 36.4 Å². The Labute approximate surface area is 111 Å². The summed E-state index contributed by atoms with van der Waals surface area (Å²) in [6, 6.07) is 7.41. The summed E-state index contributed by atoms with van der Waals surface area (Å²) in [5.41, 5.74) is -0.0482. The van der Waals surface area contributed by atoms with E-state index in [-0.39, 0.29) is 22.0 Å². The van der Waals surface area contributed by atoms with Crippen LogP contribution in [0.1, 0.15) is 15.9 Å². The zero-order valence-corrected chi connectivity index (χ0v) is 10.2. The number of benzene rings is 1. The lowest BCUT2D eigenvalue weighted by Crippen LogP contribution is -2.04. The first-order chi connectivity index (χ1) is 8.90. The Bertz CT molecular complexity index is 626. The molecule has 1 aromatic carbocycles. The summed E-state index contributed by atoms with van der Waals surface area (Å²) in [5.74, 6) is 0. The molecule has 1 aromatic heterocycles. The lowest BCUT2D eigenvalue weighted by molar-refractivity contribution is -0.137. The van der Waals surface area contributed by atoms with Crippen LogP contribution < -0.4 is 0 Å². The minimum absolute atomic E-state index is 0.0528. The first-order valence-corrected chi connectivity index (χ1v) is 5.58. The SMILES string of the molecule is O=Cc1cc(Cl)nc(-c2cccc(C(F)(F)F)c2)c1. The first kappa shape index (κ1) is 13.5. The van der Waals surface area contributed by atoms with Gasteiger partial charge in [-0.3, -0.25) is 4.79 Å². The second-order valence-electron chi connectivity index (χ2n) is 3.80. The minimum atomic E-state index is -4.43. The van der Waals surface area contributed by atoms with Gasteiger partial charge in [0.2, 0.25) is 0 Å². The Morgan fingerprint density at radius 1 is 1.16 bits per heavy atom. The molecule has 0 aliphatic carbocycles. The Morgan fingerprint density at radius 2 is 1.89 bits per heavy atom. The Kier molecular flexibility index (Phi) is 3.57. The number of aromatic nitrogens is 1. The number of carbonyl (C=O) groups is 1. The molecule has 0 aliphatic heterocycles. The molecular formula is C13H7ClF3NO. The molecule has 19 heavy (non-hydrogen) atoms. The van der Waals surface area contributed by atoms with Crippen molar-refractivity contribution in [1.82, 2.24) is 4.98 Å². The van der Waals surface area contributed by atoms with E-state index < -0.39 is 11.7 Å². The second kappa shape index (κ2) is 5.01. The Hall–Kier alpha value is -1.88. The van der Waals surface area contributed by atoms with Gasteiger partial charge in [0.15, 0.2) is 0 Å². The fourth-order valence-corrected chi connectivity index (χ4v) is 1.80. The molecule has 0 spiro atoms. The molecule has 0 saturated carbocycles. The van der Waals surface area contributed by atoms with Crippen LogP contribution in [0, 0.1) is 0 Å². The van der Waals surface area contributed by atoms with Gasteiger partial charge in [0.05, 0.1) is 11.3 Å². The van der Waals surface area contributed by atoms with Gasteiger partial charge in [-0.25, -0.2) is 4.98 Å². The molecule has 2 nitrogen and oxygen atoms in total. The van der Waals surface area contributed by atoms with Gasteiger partial charge in [-0.05, 0) is 24.3 Å². The third-order valence-electron chi connectivity index (χ3n) is 2.44. The van der Waals surface area contributed by atoms with E-state index >= 15 is 0 Å². The maximum absolute atomic E-state index is 12.6. The molecule has 2 rings (SSSR count). The van der Waals surface area contributed by atoms with Crippen molar-refractivity contribution in [3.63, 3.8) is 0 Å². The van der Waals surface area contributed by atoms with Gasteiger partial charge < -0.3 is 0 Å². The highest BCUT2D eigenvalue weighted by molar-refractivity contribution is 6.29. The van der Waals surface area contributed by atoms with Crippen molar-refractivity contribution in [2.75, 3.05) is 0 Å². The summed E-state index contributed by atoms with van der Waals surface area (Å²) >= 11 is 5.72. The number of alkyl halides is 3. The summed E-state index contributed by atoms with van der Waals surface area (Å²) in [7, 11) is 0. The molecule has 98 valence electrons. The molecule has 1 heterocycles. The lowest BCUT2D eigenvalue weighted by Gasteiger charge is -2.09. The van der Waals surface area contributed by atoms with Crippen LogP contribution in [0.4, 0.5) is 13.2 Å². The number of pyridine rings is 1. The third kappa shape index (κ3) is 3.12. The number of halogens is 4. The predicted octanol–water partition coefficient (Wildman–Crippen LogP) is 4.23. The number of carbonyl (C=O) groups excluding carboxylic acids is 1. The van der Waals surface area contributed by atoms with Gasteiger partial charge in [-0.2, -0.15) is 13.2 Å². The van der Waals surface area contributed by atoms with Crippen molar-refractivity contribution in [3.8, 4) is 11.3 Å². The smallest absolute Gasteiger partial charge is 0.298 e. The van der Waals surface area contributed by atoms with Gasteiger partial charge in [-0.1, -0.05) is 23.7 Å². The average Bonchev–Trinajstić information content (AvgIpc) is 2.37. The summed E-state index contributed by atoms with van der Waals surface area (Å²) in [6.45, 7) is 0. The summed E-state index contributed by atoms with van der Waals surface area (Å²) in [5, 5.41) is 0.0528. The van der Waals surface area contributed by atoms with Gasteiger partial charge in [0, 0.05) is 11.1 Å². The highest BCUT2D eigenvalue weighted by Gasteiger charge is 2.30. The number of nitrogens with zero attached hydrogens (tertiary/aromatic N) is 1. The second-order valence-corrected chi connectivity index (χ2v) is 4.19. The van der Waals surface area contributed by atoms with Crippen LogP contribution in [0.25, 0.3) is 11.3 Å². The molecule has 0 aliphatic rings. The van der Waals surface area contributed by atoms with Crippen molar-refractivity contribution in [3.05, 3.63) is 52.7 Å². The molecule has 0 radical (unpaired) electrons. The molecule has 0 N–H and O–H groups in total. The molecule has 2 aromatic rings. The molecule has 0 atom stereocenters. The molecule has 0 bridgehead atoms. The standard InChI is InChI=1S/C13H7ClF3NO/c14-12-5-8(7-19)4-11(18-12)9-2-1-3-10(6-9)13(15,16)17/h1-7H. The maximum Gasteiger partial charge on any atom is 0.416 e. The monoisotopic (exact) mass is 285 g/mol. The number of aldehydes is 1. The van der Waals surface area contributed by atoms with Crippen LogP contribution in [0.2, 0.25) is 5.15 Å². The van der Waals surface area contributed by atoms with Crippen molar-refractivity contribution >= 4 is 17.9 Å². The van der Waals surface area contributed by atoms with Crippen molar-refractivity contribution < 1.29 is 18.0 Å². The van der Waals surface area contributed by atoms with Crippen molar-refractivity contribution in [2.45, 2.75) is 6.18 Å². The van der Waals surface area contributed by atoms with E-state index in [2.05, 4.69) is 4.98 Å². The lowest BCUT2D eigenvalue weighted by atomic mass is 10.1. The zero-order chi connectivity index (χ0) is 14.0. The Morgan fingerprint density at radius 3 is 2.53 bits per heavy atom. The van der Waals surface area contributed by atoms with E-state index in [1.54, 1.807) is 0 Å². The fourth-order valence-electron chi connectivity index (χ4n) is 1.59. The van der Waals surface area contributed by atoms with E-state index in [1.165, 1.54) is 24.3 Å². The largest absolute Gasteiger partial charge is 0.416 e. The first-order valence-electron chi connectivity index (χ1n) is 5.20. The zero-order valence-electron chi connectivity index (χ0n) is 9.41. The Balaban J connectivity index is 2.53. The summed E-state index contributed by atoms with van der Waals surface area (Å²) in [4.78, 5) is 14.6. The maximum atomic E-state index is 12.6.